The summed E-state index contributed by atoms with van der Waals surface area (Å²) in [7, 11) is 0. The zero-order valence-corrected chi connectivity index (χ0v) is 11.7. The molecule has 1 fully saturated rings. The number of rotatable bonds is 2. The van der Waals surface area contributed by atoms with Crippen LogP contribution < -0.4 is 5.73 Å². The largest absolute Gasteiger partial charge is 0.419 e. The number of nitrogens with zero attached hydrogens (tertiary/aromatic N) is 1. The molecule has 2 rings (SSSR count). The minimum absolute atomic E-state index is 0.0497. The van der Waals surface area contributed by atoms with Gasteiger partial charge in [-0.05, 0) is 24.1 Å². The predicted molar refractivity (Wildman–Crippen MR) is 69.2 cm³/mol. The fourth-order valence-corrected chi connectivity index (χ4v) is 2.56. The van der Waals surface area contributed by atoms with Gasteiger partial charge in [-0.15, -0.1) is 0 Å². The van der Waals surface area contributed by atoms with Gasteiger partial charge < -0.3 is 10.6 Å². The van der Waals surface area contributed by atoms with Crippen molar-refractivity contribution in [2.24, 2.45) is 17.6 Å². The minimum Gasteiger partial charge on any atom is -0.369 e. The molecular weight excluding hydrogens is 304 g/mol. The van der Waals surface area contributed by atoms with Gasteiger partial charge in [0.25, 0.3) is 5.91 Å². The van der Waals surface area contributed by atoms with Gasteiger partial charge in [0.1, 0.15) is 5.82 Å². The van der Waals surface area contributed by atoms with Crippen LogP contribution in [0.4, 0.5) is 17.6 Å². The van der Waals surface area contributed by atoms with Crippen LogP contribution in [-0.2, 0) is 11.0 Å². The van der Waals surface area contributed by atoms with Crippen molar-refractivity contribution in [3.63, 3.8) is 0 Å². The van der Waals surface area contributed by atoms with Crippen LogP contribution in [0.1, 0.15) is 22.8 Å². The Morgan fingerprint density at radius 2 is 1.91 bits per heavy atom. The van der Waals surface area contributed by atoms with Gasteiger partial charge in [-0.3, -0.25) is 9.59 Å². The molecule has 8 heteroatoms. The van der Waals surface area contributed by atoms with Gasteiger partial charge >= 0.3 is 6.18 Å². The van der Waals surface area contributed by atoms with E-state index in [1.165, 1.54) is 4.90 Å². The molecule has 0 aromatic heterocycles. The van der Waals surface area contributed by atoms with E-state index >= 15 is 0 Å². The Morgan fingerprint density at radius 1 is 1.27 bits per heavy atom. The summed E-state index contributed by atoms with van der Waals surface area (Å²) in [4.78, 5) is 24.7. The van der Waals surface area contributed by atoms with Crippen molar-refractivity contribution >= 4 is 11.8 Å². The van der Waals surface area contributed by atoms with Crippen LogP contribution in [0.15, 0.2) is 18.2 Å². The molecule has 0 bridgehead atoms. The number of carbonyl (C=O) groups excluding carboxylic acids is 2. The van der Waals surface area contributed by atoms with Gasteiger partial charge in [-0.1, -0.05) is 6.92 Å². The molecule has 2 amide bonds. The molecule has 2 N–H and O–H groups in total. The summed E-state index contributed by atoms with van der Waals surface area (Å²) in [5.41, 5.74) is 3.45. The number of nitrogens with two attached hydrogens (primary N) is 1. The molecule has 0 spiro atoms. The maximum atomic E-state index is 13.2. The summed E-state index contributed by atoms with van der Waals surface area (Å²) in [6.07, 6.45) is -4.88. The number of halogens is 4. The molecule has 0 saturated carbocycles. The van der Waals surface area contributed by atoms with E-state index < -0.39 is 35.3 Å². The molecule has 0 unspecified atom stereocenters. The second-order valence-corrected chi connectivity index (χ2v) is 5.39. The molecule has 1 heterocycles. The maximum Gasteiger partial charge on any atom is 0.419 e. The first kappa shape index (κ1) is 16.3. The van der Waals surface area contributed by atoms with Crippen LogP contribution in [0, 0.1) is 17.7 Å². The highest BCUT2D eigenvalue weighted by Gasteiger charge is 2.38. The van der Waals surface area contributed by atoms with Crippen LogP contribution >= 0.6 is 0 Å². The number of primary amides is 1. The molecule has 2 atom stereocenters. The minimum atomic E-state index is -4.88. The van der Waals surface area contributed by atoms with E-state index in [9.17, 15) is 27.2 Å². The van der Waals surface area contributed by atoms with Gasteiger partial charge in [0.05, 0.1) is 11.5 Å². The molecule has 4 nitrogen and oxygen atoms in total. The number of amides is 2. The lowest BCUT2D eigenvalue weighted by Crippen LogP contribution is -2.32. The van der Waals surface area contributed by atoms with Crippen LogP contribution in [0.2, 0.25) is 0 Å². The summed E-state index contributed by atoms with van der Waals surface area (Å²) >= 11 is 0. The third kappa shape index (κ3) is 3.05. The van der Waals surface area contributed by atoms with Crippen LogP contribution in [0.3, 0.4) is 0 Å². The van der Waals surface area contributed by atoms with Gasteiger partial charge in [0.2, 0.25) is 5.91 Å². The lowest BCUT2D eigenvalue weighted by atomic mass is 9.98. The molecule has 1 aromatic rings. The first-order valence-electron chi connectivity index (χ1n) is 6.56. The van der Waals surface area contributed by atoms with Crippen molar-refractivity contribution in [3.8, 4) is 0 Å². The van der Waals surface area contributed by atoms with Crippen molar-refractivity contribution in [2.75, 3.05) is 13.1 Å². The lowest BCUT2D eigenvalue weighted by molar-refractivity contribution is -0.140. The van der Waals surface area contributed by atoms with Crippen molar-refractivity contribution in [2.45, 2.75) is 13.1 Å². The van der Waals surface area contributed by atoms with Gasteiger partial charge in [-0.25, -0.2) is 4.39 Å². The molecule has 1 aliphatic heterocycles. The number of likely N-dealkylation sites (tertiary alicyclic amines) is 1. The molecule has 0 radical (unpaired) electrons. The Balaban J connectivity index is 2.26. The standard InChI is InChI=1S/C14H14F4N2O2/c1-7-5-20(6-9(7)12(19)21)13(22)8-2-3-11(15)10(4-8)14(16,17)18/h2-4,7,9H,5-6H2,1H3,(H2,19,21)/t7-,9-/m1/s1. The third-order valence-electron chi connectivity index (χ3n) is 3.78. The Labute approximate surface area is 123 Å². The Kier molecular flexibility index (Phi) is 4.12. The normalized spacial score (nSPS) is 22.0. The Morgan fingerprint density at radius 3 is 2.41 bits per heavy atom. The lowest BCUT2D eigenvalue weighted by Gasteiger charge is -2.17. The molecule has 0 aliphatic carbocycles. The molecule has 120 valence electrons. The second kappa shape index (κ2) is 5.58. The summed E-state index contributed by atoms with van der Waals surface area (Å²) in [5, 5.41) is 0. The van der Waals surface area contributed by atoms with E-state index in [2.05, 4.69) is 0 Å². The van der Waals surface area contributed by atoms with Crippen molar-refractivity contribution in [3.05, 3.63) is 35.1 Å². The molecule has 22 heavy (non-hydrogen) atoms. The molecule has 1 aliphatic rings. The maximum absolute atomic E-state index is 13.2. The van der Waals surface area contributed by atoms with Crippen molar-refractivity contribution in [1.29, 1.82) is 0 Å². The number of hydrogen-bond donors (Lipinski definition) is 1. The summed E-state index contributed by atoms with van der Waals surface area (Å²) in [5.74, 6) is -3.39. The first-order chi connectivity index (χ1) is 10.1. The fourth-order valence-electron chi connectivity index (χ4n) is 2.56. The smallest absolute Gasteiger partial charge is 0.369 e. The highest BCUT2D eigenvalue weighted by atomic mass is 19.4. The fraction of sp³-hybridized carbons (Fsp3) is 0.429. The van der Waals surface area contributed by atoms with E-state index in [0.29, 0.717) is 12.1 Å². The van der Waals surface area contributed by atoms with Gasteiger partial charge in [0.15, 0.2) is 0 Å². The SMILES string of the molecule is C[C@@H]1CN(C(=O)c2ccc(F)c(C(F)(F)F)c2)C[C@H]1C(N)=O. The Bertz CT molecular complexity index is 615. The monoisotopic (exact) mass is 318 g/mol. The highest BCUT2D eigenvalue weighted by molar-refractivity contribution is 5.95. The summed E-state index contributed by atoms with van der Waals surface area (Å²) in [6.45, 7) is 1.99. The number of benzene rings is 1. The van der Waals surface area contributed by atoms with Gasteiger partial charge in [0, 0.05) is 18.7 Å². The Hall–Kier alpha value is -2.12. The second-order valence-electron chi connectivity index (χ2n) is 5.39. The highest BCUT2D eigenvalue weighted by Crippen LogP contribution is 2.32. The average molecular weight is 318 g/mol. The quantitative estimate of drug-likeness (QED) is 0.848. The van der Waals surface area contributed by atoms with E-state index in [-0.39, 0.29) is 24.6 Å². The summed E-state index contributed by atoms with van der Waals surface area (Å²) in [6, 6.07) is 2.09. The zero-order valence-electron chi connectivity index (χ0n) is 11.7. The molecule has 1 aromatic carbocycles. The zero-order chi connectivity index (χ0) is 16.7. The molecular formula is C14H14F4N2O2. The third-order valence-corrected chi connectivity index (χ3v) is 3.78. The van der Waals surface area contributed by atoms with Crippen LogP contribution in [-0.4, -0.2) is 29.8 Å². The van der Waals surface area contributed by atoms with Crippen molar-refractivity contribution < 1.29 is 27.2 Å². The van der Waals surface area contributed by atoms with E-state index in [4.69, 9.17) is 5.73 Å². The van der Waals surface area contributed by atoms with Crippen LogP contribution in [0.25, 0.3) is 0 Å². The van der Waals surface area contributed by atoms with E-state index in [1.807, 2.05) is 0 Å². The van der Waals surface area contributed by atoms with Gasteiger partial charge in [-0.2, -0.15) is 13.2 Å². The van der Waals surface area contributed by atoms with E-state index in [1.54, 1.807) is 6.92 Å². The number of carbonyl (C=O) groups is 2. The van der Waals surface area contributed by atoms with E-state index in [0.717, 1.165) is 6.07 Å². The topological polar surface area (TPSA) is 63.4 Å². The number of alkyl halides is 3. The summed E-state index contributed by atoms with van der Waals surface area (Å²) < 4.78 is 51.2. The van der Waals surface area contributed by atoms with Crippen LogP contribution in [0.5, 0.6) is 0 Å². The number of hydrogen-bond acceptors (Lipinski definition) is 2. The predicted octanol–water partition coefficient (Wildman–Crippen LogP) is 2.04. The van der Waals surface area contributed by atoms with Crippen molar-refractivity contribution in [1.82, 2.24) is 4.90 Å². The molecule has 1 saturated heterocycles. The first-order valence-corrected chi connectivity index (χ1v) is 6.56. The average Bonchev–Trinajstić information content (AvgIpc) is 2.79.